The second kappa shape index (κ2) is 6.56. The number of methoxy groups -OCH3 is 1. The second-order valence-electron chi connectivity index (χ2n) is 4.20. The third-order valence-corrected chi connectivity index (χ3v) is 3.22. The summed E-state index contributed by atoms with van der Waals surface area (Å²) in [5.41, 5.74) is 5.76. The number of nitrogens with zero attached hydrogens (tertiary/aromatic N) is 2. The Kier molecular flexibility index (Phi) is 4.79. The van der Waals surface area contributed by atoms with Crippen molar-refractivity contribution < 1.29 is 9.47 Å². The summed E-state index contributed by atoms with van der Waals surface area (Å²) in [6, 6.07) is 7.06. The molecule has 6 heteroatoms. The number of hydrogen-bond donors (Lipinski definition) is 1. The van der Waals surface area contributed by atoms with Crippen molar-refractivity contribution in [3.05, 3.63) is 34.6 Å². The summed E-state index contributed by atoms with van der Waals surface area (Å²) >= 11 is 3.43. The summed E-state index contributed by atoms with van der Waals surface area (Å²) in [6.07, 6.45) is 1.72. The topological polar surface area (TPSA) is 70.3 Å². The lowest BCUT2D eigenvalue weighted by atomic mass is 10.3. The highest BCUT2D eigenvalue weighted by Gasteiger charge is 2.08. The molecule has 0 bridgehead atoms. The Morgan fingerprint density at radius 3 is 2.70 bits per heavy atom. The van der Waals surface area contributed by atoms with Gasteiger partial charge >= 0.3 is 0 Å². The fourth-order valence-corrected chi connectivity index (χ4v) is 2.12. The van der Waals surface area contributed by atoms with Crippen LogP contribution in [0.2, 0.25) is 0 Å². The molecule has 0 saturated carbocycles. The zero-order valence-electron chi connectivity index (χ0n) is 11.4. The number of anilines is 1. The molecule has 1 heterocycles. The summed E-state index contributed by atoms with van der Waals surface area (Å²) < 4.78 is 11.7. The van der Waals surface area contributed by atoms with Crippen LogP contribution in [0.25, 0.3) is 0 Å². The first-order valence-corrected chi connectivity index (χ1v) is 7.06. The van der Waals surface area contributed by atoms with Crippen LogP contribution in [-0.2, 0) is 6.42 Å². The number of nitrogens with two attached hydrogens (primary N) is 1. The van der Waals surface area contributed by atoms with Crippen LogP contribution in [0.5, 0.6) is 17.4 Å². The maximum atomic E-state index is 5.76. The minimum Gasteiger partial charge on any atom is -0.497 e. The standard InChI is InChI=1S/C14H16BrN3O2/c1-3-4-13-17-12(16)8-14(18-13)20-11-6-5-9(19-2)7-10(11)15/h5-8H,3-4H2,1-2H3,(H2,16,17,18). The minimum absolute atomic E-state index is 0.406. The second-order valence-corrected chi connectivity index (χ2v) is 5.05. The highest BCUT2D eigenvalue weighted by molar-refractivity contribution is 9.10. The first-order valence-electron chi connectivity index (χ1n) is 6.27. The Morgan fingerprint density at radius 1 is 1.25 bits per heavy atom. The Morgan fingerprint density at radius 2 is 2.05 bits per heavy atom. The van der Waals surface area contributed by atoms with Crippen molar-refractivity contribution in [3.63, 3.8) is 0 Å². The quantitative estimate of drug-likeness (QED) is 0.902. The van der Waals surface area contributed by atoms with E-state index in [4.69, 9.17) is 15.2 Å². The molecule has 0 amide bonds. The van der Waals surface area contributed by atoms with E-state index in [9.17, 15) is 0 Å². The van der Waals surface area contributed by atoms with Crippen LogP contribution in [0, 0.1) is 0 Å². The normalized spacial score (nSPS) is 10.3. The zero-order chi connectivity index (χ0) is 14.5. The SMILES string of the molecule is CCCc1nc(N)cc(Oc2ccc(OC)cc2Br)n1. The fraction of sp³-hybridized carbons (Fsp3) is 0.286. The summed E-state index contributed by atoms with van der Waals surface area (Å²) in [6.45, 7) is 2.06. The van der Waals surface area contributed by atoms with Crippen molar-refractivity contribution >= 4 is 21.7 Å². The van der Waals surface area contributed by atoms with Gasteiger partial charge < -0.3 is 15.2 Å². The zero-order valence-corrected chi connectivity index (χ0v) is 13.0. The fourth-order valence-electron chi connectivity index (χ4n) is 1.68. The molecule has 0 radical (unpaired) electrons. The van der Waals surface area contributed by atoms with Crippen LogP contribution < -0.4 is 15.2 Å². The third-order valence-electron chi connectivity index (χ3n) is 2.60. The van der Waals surface area contributed by atoms with Gasteiger partial charge in [0.05, 0.1) is 11.6 Å². The monoisotopic (exact) mass is 337 g/mol. The molecule has 0 aliphatic heterocycles. The van der Waals surface area contributed by atoms with E-state index in [-0.39, 0.29) is 0 Å². The van der Waals surface area contributed by atoms with Gasteiger partial charge in [-0.25, -0.2) is 4.98 Å². The average molecular weight is 338 g/mol. The van der Waals surface area contributed by atoms with Gasteiger partial charge in [0.15, 0.2) is 0 Å². The molecule has 0 fully saturated rings. The molecule has 0 atom stereocenters. The van der Waals surface area contributed by atoms with Crippen molar-refractivity contribution in [1.29, 1.82) is 0 Å². The van der Waals surface area contributed by atoms with Gasteiger partial charge in [0, 0.05) is 12.5 Å². The molecule has 2 aromatic rings. The largest absolute Gasteiger partial charge is 0.497 e. The van der Waals surface area contributed by atoms with Gasteiger partial charge in [-0.3, -0.25) is 0 Å². The van der Waals surface area contributed by atoms with Crippen LogP contribution in [0.3, 0.4) is 0 Å². The summed E-state index contributed by atoms with van der Waals surface area (Å²) in [5.74, 6) is 2.92. The van der Waals surface area contributed by atoms with Crippen molar-refractivity contribution in [2.45, 2.75) is 19.8 Å². The third kappa shape index (κ3) is 3.60. The average Bonchev–Trinajstić information content (AvgIpc) is 2.41. The van der Waals surface area contributed by atoms with Gasteiger partial charge in [-0.05, 0) is 40.5 Å². The minimum atomic E-state index is 0.406. The van der Waals surface area contributed by atoms with Crippen LogP contribution in [0.4, 0.5) is 5.82 Å². The molecule has 2 N–H and O–H groups in total. The molecule has 0 unspecified atom stereocenters. The van der Waals surface area contributed by atoms with E-state index in [0.717, 1.165) is 23.1 Å². The van der Waals surface area contributed by atoms with Crippen molar-refractivity contribution in [3.8, 4) is 17.4 Å². The molecule has 0 spiro atoms. The number of aromatic nitrogens is 2. The highest BCUT2D eigenvalue weighted by atomic mass is 79.9. The number of hydrogen-bond acceptors (Lipinski definition) is 5. The van der Waals surface area contributed by atoms with Crippen LogP contribution in [0.15, 0.2) is 28.7 Å². The van der Waals surface area contributed by atoms with Gasteiger partial charge in [-0.2, -0.15) is 4.98 Å². The summed E-state index contributed by atoms with van der Waals surface area (Å²) in [7, 11) is 1.62. The lowest BCUT2D eigenvalue weighted by Crippen LogP contribution is -2.01. The van der Waals surface area contributed by atoms with E-state index in [1.54, 1.807) is 19.2 Å². The Hall–Kier alpha value is -1.82. The van der Waals surface area contributed by atoms with E-state index in [2.05, 4.69) is 32.8 Å². The highest BCUT2D eigenvalue weighted by Crippen LogP contribution is 2.32. The summed E-state index contributed by atoms with van der Waals surface area (Å²) in [4.78, 5) is 8.51. The number of halogens is 1. The molecule has 1 aromatic heterocycles. The van der Waals surface area contributed by atoms with Gasteiger partial charge in [0.25, 0.3) is 0 Å². The molecule has 2 rings (SSSR count). The van der Waals surface area contributed by atoms with E-state index < -0.39 is 0 Å². The van der Waals surface area contributed by atoms with Gasteiger partial charge in [0.2, 0.25) is 5.88 Å². The van der Waals surface area contributed by atoms with Crippen molar-refractivity contribution in [2.75, 3.05) is 12.8 Å². The molecule has 5 nitrogen and oxygen atoms in total. The number of aryl methyl sites for hydroxylation is 1. The number of ether oxygens (including phenoxy) is 2. The van der Waals surface area contributed by atoms with Crippen LogP contribution in [0.1, 0.15) is 19.2 Å². The Balaban J connectivity index is 2.25. The Labute approximate surface area is 126 Å². The van der Waals surface area contributed by atoms with E-state index >= 15 is 0 Å². The molecule has 0 aliphatic carbocycles. The van der Waals surface area contributed by atoms with Crippen LogP contribution in [-0.4, -0.2) is 17.1 Å². The maximum absolute atomic E-state index is 5.76. The molecular weight excluding hydrogens is 322 g/mol. The Bertz CT molecular complexity index is 605. The lowest BCUT2D eigenvalue weighted by molar-refractivity contribution is 0.411. The maximum Gasteiger partial charge on any atom is 0.224 e. The van der Waals surface area contributed by atoms with Gasteiger partial charge in [-0.15, -0.1) is 0 Å². The van der Waals surface area contributed by atoms with Gasteiger partial charge in [0.1, 0.15) is 23.1 Å². The first-order chi connectivity index (χ1) is 9.62. The van der Waals surface area contributed by atoms with Crippen molar-refractivity contribution in [2.24, 2.45) is 0 Å². The predicted molar refractivity (Wildman–Crippen MR) is 81.2 cm³/mol. The van der Waals surface area contributed by atoms with Gasteiger partial charge in [-0.1, -0.05) is 6.92 Å². The van der Waals surface area contributed by atoms with E-state index in [1.807, 2.05) is 12.1 Å². The summed E-state index contributed by atoms with van der Waals surface area (Å²) in [5, 5.41) is 0. The molecular formula is C14H16BrN3O2. The first kappa shape index (κ1) is 14.6. The predicted octanol–water partition coefficient (Wildman–Crippen LogP) is 3.57. The molecule has 20 heavy (non-hydrogen) atoms. The van der Waals surface area contributed by atoms with Crippen LogP contribution >= 0.6 is 15.9 Å². The lowest BCUT2D eigenvalue weighted by Gasteiger charge is -2.09. The molecule has 1 aromatic carbocycles. The number of benzene rings is 1. The number of rotatable bonds is 5. The van der Waals surface area contributed by atoms with Crippen molar-refractivity contribution in [1.82, 2.24) is 9.97 Å². The van der Waals surface area contributed by atoms with E-state index in [1.165, 1.54) is 0 Å². The van der Waals surface area contributed by atoms with E-state index in [0.29, 0.717) is 23.3 Å². The molecule has 106 valence electrons. The molecule has 0 aliphatic rings. The number of nitrogen functional groups attached to an aromatic ring is 1. The smallest absolute Gasteiger partial charge is 0.224 e. The molecule has 0 saturated heterocycles.